The second kappa shape index (κ2) is 7.98. The molecule has 1 aliphatic rings. The van der Waals surface area contributed by atoms with E-state index < -0.39 is 0 Å². The molecule has 3 nitrogen and oxygen atoms in total. The van der Waals surface area contributed by atoms with Gasteiger partial charge in [-0.1, -0.05) is 29.8 Å². The zero-order chi connectivity index (χ0) is 19.6. The largest absolute Gasteiger partial charge is 0.373 e. The van der Waals surface area contributed by atoms with Crippen LogP contribution in [0.15, 0.2) is 54.7 Å². The van der Waals surface area contributed by atoms with Crippen LogP contribution in [0, 0.1) is 12.7 Å². The molecule has 3 aromatic rings. The van der Waals surface area contributed by atoms with Crippen molar-refractivity contribution in [2.75, 3.05) is 19.7 Å². The lowest BCUT2D eigenvalue weighted by Crippen LogP contribution is -2.43. The normalized spacial score (nSPS) is 17.5. The van der Waals surface area contributed by atoms with Gasteiger partial charge in [-0.25, -0.2) is 4.39 Å². The molecule has 4 rings (SSSR count). The number of aryl methyl sites for hydroxylation is 1. The fraction of sp³-hybridized carbons (Fsp3) is 0.375. The SMILES string of the molecule is Cc1cc(C(C)OCC2(c3ccc(F)cc3)CCNCC2)c2ncccc2c1. The highest BCUT2D eigenvalue weighted by Gasteiger charge is 2.35. The van der Waals surface area contributed by atoms with Crippen molar-refractivity contribution in [2.24, 2.45) is 0 Å². The van der Waals surface area contributed by atoms with Gasteiger partial charge < -0.3 is 10.1 Å². The average Bonchev–Trinajstić information content (AvgIpc) is 2.72. The second-order valence-corrected chi connectivity index (χ2v) is 7.92. The van der Waals surface area contributed by atoms with Crippen molar-refractivity contribution in [3.05, 3.63) is 77.2 Å². The number of piperidine rings is 1. The number of nitrogens with zero attached hydrogens (tertiary/aromatic N) is 1. The predicted octanol–water partition coefficient (Wildman–Crippen LogP) is 5.08. The van der Waals surface area contributed by atoms with Gasteiger partial charge in [-0.05, 0) is 69.6 Å². The topological polar surface area (TPSA) is 34.1 Å². The fourth-order valence-corrected chi connectivity index (χ4v) is 4.29. The van der Waals surface area contributed by atoms with E-state index >= 15 is 0 Å². The molecule has 1 fully saturated rings. The van der Waals surface area contributed by atoms with Crippen LogP contribution in [0.2, 0.25) is 0 Å². The molecule has 1 saturated heterocycles. The third-order valence-electron chi connectivity index (χ3n) is 5.94. The smallest absolute Gasteiger partial charge is 0.123 e. The molecule has 1 atom stereocenters. The number of fused-ring (bicyclic) bond motifs is 1. The summed E-state index contributed by atoms with van der Waals surface area (Å²) in [6, 6.07) is 15.3. The van der Waals surface area contributed by atoms with Crippen molar-refractivity contribution >= 4 is 10.9 Å². The van der Waals surface area contributed by atoms with Crippen molar-refractivity contribution in [3.63, 3.8) is 0 Å². The van der Waals surface area contributed by atoms with Gasteiger partial charge in [-0.2, -0.15) is 0 Å². The van der Waals surface area contributed by atoms with E-state index in [-0.39, 0.29) is 17.3 Å². The average molecular weight is 378 g/mol. The number of ether oxygens (including phenoxy) is 1. The molecule has 1 aromatic heterocycles. The summed E-state index contributed by atoms with van der Waals surface area (Å²) < 4.78 is 19.9. The number of rotatable bonds is 5. The summed E-state index contributed by atoms with van der Waals surface area (Å²) in [6.07, 6.45) is 3.74. The Bertz CT molecular complexity index is 948. The summed E-state index contributed by atoms with van der Waals surface area (Å²) in [7, 11) is 0. The minimum Gasteiger partial charge on any atom is -0.373 e. The van der Waals surface area contributed by atoms with E-state index in [0.717, 1.165) is 48.0 Å². The zero-order valence-corrected chi connectivity index (χ0v) is 16.5. The Kier molecular flexibility index (Phi) is 5.42. The van der Waals surface area contributed by atoms with E-state index in [9.17, 15) is 4.39 Å². The number of nitrogens with one attached hydrogen (secondary N) is 1. The lowest BCUT2D eigenvalue weighted by molar-refractivity contribution is 0.0172. The summed E-state index contributed by atoms with van der Waals surface area (Å²) in [5, 5.41) is 4.57. The summed E-state index contributed by atoms with van der Waals surface area (Å²) in [5.74, 6) is -0.195. The van der Waals surface area contributed by atoms with Crippen LogP contribution >= 0.6 is 0 Å². The van der Waals surface area contributed by atoms with Crippen molar-refractivity contribution in [2.45, 2.75) is 38.2 Å². The van der Waals surface area contributed by atoms with E-state index in [1.54, 1.807) is 12.1 Å². The van der Waals surface area contributed by atoms with Crippen molar-refractivity contribution in [1.29, 1.82) is 0 Å². The second-order valence-electron chi connectivity index (χ2n) is 7.92. The Morgan fingerprint density at radius 2 is 1.89 bits per heavy atom. The quantitative estimate of drug-likeness (QED) is 0.672. The first-order chi connectivity index (χ1) is 13.6. The Labute approximate surface area is 165 Å². The standard InChI is InChI=1S/C24H27FN2O/c1-17-14-19-4-3-11-27-23(19)22(15-17)18(2)28-16-24(9-12-26-13-10-24)20-5-7-21(25)8-6-20/h3-8,11,14-15,18,26H,9-10,12-13,16H2,1-2H3. The molecule has 0 amide bonds. The molecule has 146 valence electrons. The minimum atomic E-state index is -0.195. The number of benzene rings is 2. The summed E-state index contributed by atoms with van der Waals surface area (Å²) in [5.41, 5.74) is 4.41. The van der Waals surface area contributed by atoms with Crippen LogP contribution in [0.4, 0.5) is 4.39 Å². The molecule has 0 saturated carbocycles. The summed E-state index contributed by atoms with van der Waals surface area (Å²) in [6.45, 7) is 6.72. The van der Waals surface area contributed by atoms with Crippen molar-refractivity contribution in [3.8, 4) is 0 Å². The van der Waals surface area contributed by atoms with Gasteiger partial charge >= 0.3 is 0 Å². The van der Waals surface area contributed by atoms with Crippen LogP contribution in [0.3, 0.4) is 0 Å². The first kappa shape index (κ1) is 19.0. The molecule has 28 heavy (non-hydrogen) atoms. The molecule has 1 unspecified atom stereocenters. The number of halogens is 1. The van der Waals surface area contributed by atoms with Gasteiger partial charge in [0.05, 0.1) is 18.2 Å². The van der Waals surface area contributed by atoms with E-state index in [1.165, 1.54) is 5.56 Å². The Morgan fingerprint density at radius 3 is 2.64 bits per heavy atom. The van der Waals surface area contributed by atoms with Gasteiger partial charge in [0.2, 0.25) is 0 Å². The summed E-state index contributed by atoms with van der Waals surface area (Å²) in [4.78, 5) is 4.59. The van der Waals surface area contributed by atoms with E-state index in [4.69, 9.17) is 4.74 Å². The predicted molar refractivity (Wildman–Crippen MR) is 111 cm³/mol. The maximum atomic E-state index is 13.4. The molecule has 1 aliphatic heterocycles. The van der Waals surface area contributed by atoms with Crippen LogP contribution < -0.4 is 5.32 Å². The van der Waals surface area contributed by atoms with Crippen LogP contribution in [0.25, 0.3) is 10.9 Å². The van der Waals surface area contributed by atoms with Crippen molar-refractivity contribution in [1.82, 2.24) is 10.3 Å². The van der Waals surface area contributed by atoms with Gasteiger partial charge in [0.15, 0.2) is 0 Å². The minimum absolute atomic E-state index is 0.0653. The molecule has 0 spiro atoms. The fourth-order valence-electron chi connectivity index (χ4n) is 4.29. The van der Waals surface area contributed by atoms with Gasteiger partial charge in [0, 0.05) is 22.6 Å². The molecular weight excluding hydrogens is 351 g/mol. The van der Waals surface area contributed by atoms with Gasteiger partial charge in [0.1, 0.15) is 5.82 Å². The highest BCUT2D eigenvalue weighted by Crippen LogP contribution is 2.36. The zero-order valence-electron chi connectivity index (χ0n) is 16.5. The molecule has 0 radical (unpaired) electrons. The third-order valence-corrected chi connectivity index (χ3v) is 5.94. The van der Waals surface area contributed by atoms with Crippen LogP contribution in [-0.4, -0.2) is 24.7 Å². The molecule has 2 aromatic carbocycles. The highest BCUT2D eigenvalue weighted by atomic mass is 19.1. The Hall–Kier alpha value is -2.30. The number of pyridine rings is 1. The van der Waals surface area contributed by atoms with Gasteiger partial charge in [0.25, 0.3) is 0 Å². The third kappa shape index (κ3) is 3.80. The summed E-state index contributed by atoms with van der Waals surface area (Å²) >= 11 is 0. The number of aromatic nitrogens is 1. The van der Waals surface area contributed by atoms with E-state index in [0.29, 0.717) is 6.61 Å². The van der Waals surface area contributed by atoms with Crippen molar-refractivity contribution < 1.29 is 9.13 Å². The monoisotopic (exact) mass is 378 g/mol. The maximum absolute atomic E-state index is 13.4. The molecule has 4 heteroatoms. The maximum Gasteiger partial charge on any atom is 0.123 e. The van der Waals surface area contributed by atoms with Crippen LogP contribution in [0.5, 0.6) is 0 Å². The first-order valence-corrected chi connectivity index (χ1v) is 10.0. The highest BCUT2D eigenvalue weighted by molar-refractivity contribution is 5.82. The van der Waals surface area contributed by atoms with Crippen LogP contribution in [-0.2, 0) is 10.2 Å². The molecule has 0 bridgehead atoms. The van der Waals surface area contributed by atoms with Gasteiger partial charge in [-0.15, -0.1) is 0 Å². The van der Waals surface area contributed by atoms with Crippen LogP contribution in [0.1, 0.15) is 42.6 Å². The van der Waals surface area contributed by atoms with E-state index in [2.05, 4.69) is 42.3 Å². The lowest BCUT2D eigenvalue weighted by atomic mass is 9.74. The molecule has 1 N–H and O–H groups in total. The number of hydrogen-bond donors (Lipinski definition) is 1. The first-order valence-electron chi connectivity index (χ1n) is 10.0. The Morgan fingerprint density at radius 1 is 1.14 bits per heavy atom. The lowest BCUT2D eigenvalue weighted by Gasteiger charge is -2.39. The molecular formula is C24H27FN2O. The van der Waals surface area contributed by atoms with Gasteiger partial charge in [-0.3, -0.25) is 4.98 Å². The molecule has 0 aliphatic carbocycles. The number of hydrogen-bond acceptors (Lipinski definition) is 3. The molecule has 2 heterocycles. The van der Waals surface area contributed by atoms with E-state index in [1.807, 2.05) is 24.4 Å². The Balaban J connectivity index is 1.60.